The fourth-order valence-electron chi connectivity index (χ4n) is 1.92. The number of hydrogen-bond donors (Lipinski definition) is 1. The van der Waals surface area contributed by atoms with Crippen LogP contribution in [0.4, 0.5) is 13.2 Å². The van der Waals surface area contributed by atoms with Gasteiger partial charge in [-0.1, -0.05) is 30.3 Å². The Balaban J connectivity index is 1.93. The smallest absolute Gasteiger partial charge is 0.343 e. The molecule has 0 spiro atoms. The quantitative estimate of drug-likeness (QED) is 0.819. The van der Waals surface area contributed by atoms with Crippen molar-refractivity contribution >= 4 is 17.7 Å². The fourth-order valence-corrected chi connectivity index (χ4v) is 2.61. The van der Waals surface area contributed by atoms with E-state index in [2.05, 4.69) is 10.3 Å². The number of nitrogens with one attached hydrogen (secondary N) is 1. The van der Waals surface area contributed by atoms with Crippen molar-refractivity contribution in [3.8, 4) is 0 Å². The summed E-state index contributed by atoms with van der Waals surface area (Å²) in [6, 6.07) is 9.79. The van der Waals surface area contributed by atoms with Crippen LogP contribution in [0.5, 0.6) is 0 Å². The Labute approximate surface area is 136 Å². The van der Waals surface area contributed by atoms with E-state index in [4.69, 9.17) is 0 Å². The zero-order valence-electron chi connectivity index (χ0n) is 12.1. The minimum Gasteiger partial charge on any atom is -0.343 e. The van der Waals surface area contributed by atoms with Crippen molar-refractivity contribution in [2.24, 2.45) is 0 Å². The molecule has 0 radical (unpaired) electrons. The molecule has 1 N–H and O–H groups in total. The lowest BCUT2D eigenvalue weighted by molar-refractivity contribution is -0.160. The summed E-state index contributed by atoms with van der Waals surface area (Å²) >= 11 is 1.17. The van der Waals surface area contributed by atoms with Gasteiger partial charge in [-0.3, -0.25) is 9.78 Å². The lowest BCUT2D eigenvalue weighted by Crippen LogP contribution is -2.47. The van der Waals surface area contributed by atoms with E-state index in [9.17, 15) is 18.0 Å². The molecule has 1 aromatic carbocycles. The van der Waals surface area contributed by atoms with Crippen molar-refractivity contribution in [1.82, 2.24) is 10.3 Å². The summed E-state index contributed by atoms with van der Waals surface area (Å²) < 4.78 is 39.3. The van der Waals surface area contributed by atoms with Gasteiger partial charge in [-0.25, -0.2) is 0 Å². The molecule has 23 heavy (non-hydrogen) atoms. The molecule has 3 nitrogen and oxygen atoms in total. The second kappa shape index (κ2) is 8.01. The minimum absolute atomic E-state index is 0.0780. The highest BCUT2D eigenvalue weighted by molar-refractivity contribution is 8.00. The van der Waals surface area contributed by atoms with Crippen molar-refractivity contribution < 1.29 is 18.0 Å². The number of hydrogen-bond acceptors (Lipinski definition) is 3. The molecule has 1 aromatic heterocycles. The van der Waals surface area contributed by atoms with E-state index >= 15 is 0 Å². The van der Waals surface area contributed by atoms with Gasteiger partial charge in [0.15, 0.2) is 0 Å². The number of benzene rings is 1. The molecule has 0 aliphatic carbocycles. The maximum absolute atomic E-state index is 13.1. The molecule has 0 fully saturated rings. The Bertz CT molecular complexity index is 620. The number of alkyl halides is 3. The molecule has 1 atom stereocenters. The van der Waals surface area contributed by atoms with E-state index in [1.807, 2.05) is 0 Å². The van der Waals surface area contributed by atoms with E-state index in [-0.39, 0.29) is 12.2 Å². The number of rotatable bonds is 6. The van der Waals surface area contributed by atoms with Crippen LogP contribution in [-0.2, 0) is 11.2 Å². The number of aromatic nitrogens is 1. The van der Waals surface area contributed by atoms with E-state index in [1.54, 1.807) is 54.9 Å². The highest BCUT2D eigenvalue weighted by atomic mass is 32.2. The van der Waals surface area contributed by atoms with Crippen molar-refractivity contribution in [1.29, 1.82) is 0 Å². The highest BCUT2D eigenvalue weighted by Crippen LogP contribution is 2.24. The number of halogens is 3. The molecule has 2 rings (SSSR count). The number of carbonyl (C=O) groups excluding carboxylic acids is 1. The fraction of sp³-hybridized carbons (Fsp3) is 0.250. The van der Waals surface area contributed by atoms with Crippen molar-refractivity contribution in [3.63, 3.8) is 0 Å². The van der Waals surface area contributed by atoms with E-state index < -0.39 is 18.1 Å². The zero-order valence-corrected chi connectivity index (χ0v) is 12.9. The average molecular weight is 340 g/mol. The van der Waals surface area contributed by atoms with Crippen molar-refractivity contribution in [3.05, 3.63) is 60.4 Å². The third-order valence-electron chi connectivity index (χ3n) is 3.03. The standard InChI is InChI=1S/C16H15F3N2OS/c17-16(18,19)14(10-12-4-2-1-3-5-12)21-15(22)11-23-13-6-8-20-9-7-13/h1-9,14H,10-11H2,(H,21,22)/t14-/m0/s1. The van der Waals surface area contributed by atoms with Crippen LogP contribution in [0.1, 0.15) is 5.56 Å². The van der Waals surface area contributed by atoms with Crippen LogP contribution >= 0.6 is 11.8 Å². The normalized spacial score (nSPS) is 12.7. The summed E-state index contributed by atoms with van der Waals surface area (Å²) in [7, 11) is 0. The van der Waals surface area contributed by atoms with Crippen LogP contribution in [0.3, 0.4) is 0 Å². The molecule has 0 aliphatic rings. The molecule has 0 bridgehead atoms. The third kappa shape index (κ3) is 5.94. The van der Waals surface area contributed by atoms with Gasteiger partial charge in [-0.15, -0.1) is 11.8 Å². The van der Waals surface area contributed by atoms with E-state index in [1.165, 1.54) is 11.8 Å². The molecule has 0 unspecified atom stereocenters. The molecule has 1 heterocycles. The van der Waals surface area contributed by atoms with Gasteiger partial charge in [0.1, 0.15) is 6.04 Å². The van der Waals surface area contributed by atoms with Gasteiger partial charge < -0.3 is 5.32 Å². The summed E-state index contributed by atoms with van der Waals surface area (Å²) in [6.07, 6.45) is -1.65. The van der Waals surface area contributed by atoms with Crippen LogP contribution in [0.15, 0.2) is 59.8 Å². The molecule has 0 saturated carbocycles. The first-order valence-corrected chi connectivity index (χ1v) is 7.86. The van der Waals surface area contributed by atoms with Crippen LogP contribution in [0.25, 0.3) is 0 Å². The van der Waals surface area contributed by atoms with Gasteiger partial charge in [0.25, 0.3) is 0 Å². The van der Waals surface area contributed by atoms with Crippen molar-refractivity contribution in [2.45, 2.75) is 23.5 Å². The first-order chi connectivity index (χ1) is 10.9. The molecular formula is C16H15F3N2OS. The van der Waals surface area contributed by atoms with Gasteiger partial charge >= 0.3 is 6.18 Å². The first kappa shape index (κ1) is 17.3. The zero-order chi connectivity index (χ0) is 16.7. The molecule has 0 saturated heterocycles. The van der Waals surface area contributed by atoms with Crippen molar-refractivity contribution in [2.75, 3.05) is 5.75 Å². The summed E-state index contributed by atoms with van der Waals surface area (Å²) in [6.45, 7) is 0. The molecule has 2 aromatic rings. The summed E-state index contributed by atoms with van der Waals surface area (Å²) in [5.41, 5.74) is 0.525. The lowest BCUT2D eigenvalue weighted by atomic mass is 10.1. The number of amides is 1. The Morgan fingerprint density at radius 3 is 2.39 bits per heavy atom. The van der Waals surface area contributed by atoms with Crippen LogP contribution in [-0.4, -0.2) is 28.9 Å². The van der Waals surface area contributed by atoms with E-state index in [0.717, 1.165) is 4.90 Å². The average Bonchev–Trinajstić information content (AvgIpc) is 2.53. The Kier molecular flexibility index (Phi) is 6.04. The first-order valence-electron chi connectivity index (χ1n) is 6.88. The van der Waals surface area contributed by atoms with Gasteiger partial charge in [0.2, 0.25) is 5.91 Å². The number of nitrogens with zero attached hydrogens (tertiary/aromatic N) is 1. The topological polar surface area (TPSA) is 42.0 Å². The van der Waals surface area contributed by atoms with Crippen LogP contribution in [0, 0.1) is 0 Å². The third-order valence-corrected chi connectivity index (χ3v) is 4.04. The predicted molar refractivity (Wildman–Crippen MR) is 83.1 cm³/mol. The Morgan fingerprint density at radius 1 is 1.13 bits per heavy atom. The van der Waals surface area contributed by atoms with E-state index in [0.29, 0.717) is 5.56 Å². The molecular weight excluding hydrogens is 325 g/mol. The largest absolute Gasteiger partial charge is 0.408 e. The van der Waals surface area contributed by atoms with Crippen LogP contribution < -0.4 is 5.32 Å². The van der Waals surface area contributed by atoms with Crippen LogP contribution in [0.2, 0.25) is 0 Å². The maximum atomic E-state index is 13.1. The second-order valence-corrected chi connectivity index (χ2v) is 5.87. The monoisotopic (exact) mass is 340 g/mol. The van der Waals surface area contributed by atoms with Gasteiger partial charge in [0, 0.05) is 23.7 Å². The summed E-state index contributed by atoms with van der Waals surface area (Å²) in [5.74, 6) is -0.726. The summed E-state index contributed by atoms with van der Waals surface area (Å²) in [4.78, 5) is 16.4. The summed E-state index contributed by atoms with van der Waals surface area (Å²) in [5, 5.41) is 2.08. The molecule has 1 amide bonds. The lowest BCUT2D eigenvalue weighted by Gasteiger charge is -2.21. The number of pyridine rings is 1. The molecule has 0 aliphatic heterocycles. The Morgan fingerprint density at radius 2 is 1.78 bits per heavy atom. The number of thioether (sulfide) groups is 1. The van der Waals surface area contributed by atoms with Gasteiger partial charge in [-0.05, 0) is 17.7 Å². The van der Waals surface area contributed by atoms with Gasteiger partial charge in [0.05, 0.1) is 5.75 Å². The SMILES string of the molecule is O=C(CSc1ccncc1)N[C@@H](Cc1ccccc1)C(F)(F)F. The molecule has 122 valence electrons. The predicted octanol–water partition coefficient (Wildman–Crippen LogP) is 3.46. The maximum Gasteiger partial charge on any atom is 0.408 e. The minimum atomic E-state index is -4.49. The highest BCUT2D eigenvalue weighted by Gasteiger charge is 2.40. The number of carbonyl (C=O) groups is 1. The van der Waals surface area contributed by atoms with Gasteiger partial charge in [-0.2, -0.15) is 13.2 Å². The second-order valence-electron chi connectivity index (χ2n) is 4.82. The molecule has 7 heteroatoms. The Hall–Kier alpha value is -2.02.